The van der Waals surface area contributed by atoms with Gasteiger partial charge in [0.25, 0.3) is 0 Å². The lowest BCUT2D eigenvalue weighted by Crippen LogP contribution is -2.23. The zero-order chi connectivity index (χ0) is 10.4. The molecule has 4 nitrogen and oxygen atoms in total. The Morgan fingerprint density at radius 3 is 2.50 bits per heavy atom. The van der Waals surface area contributed by atoms with Gasteiger partial charge in [0.2, 0.25) is 0 Å². The van der Waals surface area contributed by atoms with Crippen LogP contribution < -0.4 is 0 Å². The van der Waals surface area contributed by atoms with Gasteiger partial charge in [-0.3, -0.25) is 5.21 Å². The molecule has 0 heterocycles. The molecule has 14 heavy (non-hydrogen) atoms. The van der Waals surface area contributed by atoms with Gasteiger partial charge in [-0.25, -0.2) is 9.68 Å². The summed E-state index contributed by atoms with van der Waals surface area (Å²) in [7, 11) is 0. The topological polar surface area (TPSA) is 41.9 Å². The van der Waals surface area contributed by atoms with Crippen LogP contribution in [0.3, 0.4) is 0 Å². The lowest BCUT2D eigenvalue weighted by Gasteiger charge is -2.15. The summed E-state index contributed by atoms with van der Waals surface area (Å²) >= 11 is 0. The molecule has 4 heteroatoms. The molecule has 0 radical (unpaired) electrons. The van der Waals surface area contributed by atoms with E-state index in [1.807, 2.05) is 30.3 Å². The lowest BCUT2D eigenvalue weighted by molar-refractivity contribution is -0.523. The van der Waals surface area contributed by atoms with Crippen molar-refractivity contribution in [3.8, 4) is 0 Å². The van der Waals surface area contributed by atoms with Gasteiger partial charge in [0, 0.05) is 0 Å². The number of benzene rings is 1. The van der Waals surface area contributed by atoms with Crippen LogP contribution in [0.25, 0.3) is 0 Å². The molecular formula is C10H15NO3. The molecule has 0 aromatic heterocycles. The minimum absolute atomic E-state index is 0.115. The second-order valence-electron chi connectivity index (χ2n) is 3.15. The zero-order valence-corrected chi connectivity index (χ0v) is 8.38. The average Bonchev–Trinajstić information content (AvgIpc) is 2.15. The number of hydrogen-bond donors (Lipinski definition) is 1. The largest absolute Gasteiger partial charge is 0.266 e. The maximum absolute atomic E-state index is 9.07. The molecule has 0 saturated carbocycles. The van der Waals surface area contributed by atoms with Gasteiger partial charge < -0.3 is 0 Å². The van der Waals surface area contributed by atoms with Crippen LogP contribution in [0.15, 0.2) is 30.3 Å². The molecule has 1 rings (SSSR count). The third-order valence-electron chi connectivity index (χ3n) is 1.49. The second kappa shape index (κ2) is 5.72. The van der Waals surface area contributed by atoms with Crippen molar-refractivity contribution in [3.05, 3.63) is 35.9 Å². The fourth-order valence-corrected chi connectivity index (χ4v) is 0.915. The van der Waals surface area contributed by atoms with Crippen LogP contribution in [-0.4, -0.2) is 16.7 Å². The van der Waals surface area contributed by atoms with Crippen molar-refractivity contribution >= 4 is 0 Å². The van der Waals surface area contributed by atoms with Crippen molar-refractivity contribution in [2.24, 2.45) is 0 Å². The summed E-state index contributed by atoms with van der Waals surface area (Å²) in [4.78, 5) is 9.74. The van der Waals surface area contributed by atoms with Crippen LogP contribution in [-0.2, 0) is 16.3 Å². The molecule has 0 aliphatic heterocycles. The van der Waals surface area contributed by atoms with Crippen LogP contribution >= 0.6 is 0 Å². The Bertz CT molecular complexity index is 251. The van der Waals surface area contributed by atoms with Crippen molar-refractivity contribution in [3.63, 3.8) is 0 Å². The van der Waals surface area contributed by atoms with Crippen molar-refractivity contribution < 1.29 is 14.9 Å². The maximum Gasteiger partial charge on any atom is 0.0987 e. The lowest BCUT2D eigenvalue weighted by atomic mass is 10.2. The Morgan fingerprint density at radius 1 is 1.29 bits per heavy atom. The van der Waals surface area contributed by atoms with E-state index in [2.05, 4.69) is 0 Å². The van der Waals surface area contributed by atoms with E-state index in [9.17, 15) is 0 Å². The molecule has 0 aliphatic carbocycles. The van der Waals surface area contributed by atoms with E-state index in [4.69, 9.17) is 14.9 Å². The summed E-state index contributed by atoms with van der Waals surface area (Å²) in [6.07, 6.45) is -0.115. The predicted octanol–water partition coefficient (Wildman–Crippen LogP) is 2.15. The Kier molecular flexibility index (Phi) is 4.55. The van der Waals surface area contributed by atoms with Crippen LogP contribution in [0.5, 0.6) is 0 Å². The van der Waals surface area contributed by atoms with E-state index in [1.165, 1.54) is 0 Å². The van der Waals surface area contributed by atoms with Crippen LogP contribution in [0.2, 0.25) is 0 Å². The first-order valence-corrected chi connectivity index (χ1v) is 4.51. The second-order valence-corrected chi connectivity index (χ2v) is 3.15. The zero-order valence-electron chi connectivity index (χ0n) is 8.38. The average molecular weight is 197 g/mol. The fourth-order valence-electron chi connectivity index (χ4n) is 0.915. The third-order valence-corrected chi connectivity index (χ3v) is 1.49. The van der Waals surface area contributed by atoms with Crippen molar-refractivity contribution in [2.45, 2.75) is 26.6 Å². The molecule has 0 saturated heterocycles. The molecule has 0 atom stereocenters. The minimum Gasteiger partial charge on any atom is -0.266 e. The first kappa shape index (κ1) is 11.1. The van der Waals surface area contributed by atoms with E-state index >= 15 is 0 Å². The van der Waals surface area contributed by atoms with Crippen molar-refractivity contribution in [2.75, 3.05) is 0 Å². The van der Waals surface area contributed by atoms with Gasteiger partial charge in [0.05, 0.1) is 18.1 Å². The minimum atomic E-state index is -0.115. The Hall–Kier alpha value is -0.940. The quantitative estimate of drug-likeness (QED) is 0.734. The van der Waals surface area contributed by atoms with Gasteiger partial charge in [0.1, 0.15) is 0 Å². The Balaban J connectivity index is 2.27. The fraction of sp³-hybridized carbons (Fsp3) is 0.400. The Morgan fingerprint density at radius 2 is 1.93 bits per heavy atom. The molecule has 0 amide bonds. The SMILES string of the molecule is CC(C)ON(O)OCc1ccccc1. The molecule has 0 fully saturated rings. The smallest absolute Gasteiger partial charge is 0.0987 e. The Labute approximate surface area is 83.5 Å². The highest BCUT2D eigenvalue weighted by Gasteiger charge is 2.04. The van der Waals surface area contributed by atoms with E-state index in [-0.39, 0.29) is 12.7 Å². The molecule has 0 spiro atoms. The molecule has 1 aromatic carbocycles. The highest BCUT2D eigenvalue weighted by atomic mass is 17.1. The predicted molar refractivity (Wildman–Crippen MR) is 51.1 cm³/mol. The van der Waals surface area contributed by atoms with E-state index < -0.39 is 0 Å². The van der Waals surface area contributed by atoms with Gasteiger partial charge in [-0.2, -0.15) is 0 Å². The van der Waals surface area contributed by atoms with Crippen molar-refractivity contribution in [1.82, 2.24) is 5.39 Å². The third kappa shape index (κ3) is 4.34. The molecule has 0 unspecified atom stereocenters. The molecule has 0 bridgehead atoms. The van der Waals surface area contributed by atoms with Crippen LogP contribution in [0, 0.1) is 0 Å². The molecule has 1 N–H and O–H groups in total. The van der Waals surface area contributed by atoms with Gasteiger partial charge in [-0.15, -0.1) is 0 Å². The summed E-state index contributed by atoms with van der Waals surface area (Å²) in [6, 6.07) is 9.55. The number of nitrogens with zero attached hydrogens (tertiary/aromatic N) is 1. The van der Waals surface area contributed by atoms with Gasteiger partial charge in [-0.05, 0) is 19.4 Å². The summed E-state index contributed by atoms with van der Waals surface area (Å²) < 4.78 is 0. The standard InChI is InChI=1S/C10H15NO3/c1-9(2)14-11(12)13-8-10-6-4-3-5-7-10/h3-7,9,12H,8H2,1-2H3. The number of hydrogen-bond acceptors (Lipinski definition) is 4. The summed E-state index contributed by atoms with van der Waals surface area (Å²) in [5.74, 6) is 0. The number of rotatable bonds is 5. The highest BCUT2D eigenvalue weighted by Crippen LogP contribution is 2.02. The highest BCUT2D eigenvalue weighted by molar-refractivity contribution is 5.13. The summed E-state index contributed by atoms with van der Waals surface area (Å²) in [5, 5.41) is 9.47. The summed E-state index contributed by atoms with van der Waals surface area (Å²) in [5.41, 5.74) is 0.971. The van der Waals surface area contributed by atoms with E-state index in [1.54, 1.807) is 13.8 Å². The van der Waals surface area contributed by atoms with Gasteiger partial charge in [0.15, 0.2) is 0 Å². The van der Waals surface area contributed by atoms with Crippen LogP contribution in [0.1, 0.15) is 19.4 Å². The van der Waals surface area contributed by atoms with Gasteiger partial charge >= 0.3 is 0 Å². The molecular weight excluding hydrogens is 182 g/mol. The normalized spacial score (nSPS) is 11.2. The first-order valence-electron chi connectivity index (χ1n) is 4.51. The van der Waals surface area contributed by atoms with E-state index in [0.29, 0.717) is 5.39 Å². The van der Waals surface area contributed by atoms with Crippen molar-refractivity contribution in [1.29, 1.82) is 0 Å². The maximum atomic E-state index is 9.07. The summed E-state index contributed by atoms with van der Waals surface area (Å²) in [6.45, 7) is 3.88. The van der Waals surface area contributed by atoms with Crippen LogP contribution in [0.4, 0.5) is 0 Å². The first-order chi connectivity index (χ1) is 6.68. The molecule has 1 aromatic rings. The molecule has 78 valence electrons. The monoisotopic (exact) mass is 197 g/mol. The molecule has 0 aliphatic rings. The van der Waals surface area contributed by atoms with Gasteiger partial charge in [-0.1, -0.05) is 30.3 Å². The van der Waals surface area contributed by atoms with E-state index in [0.717, 1.165) is 5.56 Å².